The number of aryl methyl sites for hydroxylation is 2. The lowest BCUT2D eigenvalue weighted by molar-refractivity contribution is -0.119. The Hall–Kier alpha value is -2.18. The summed E-state index contributed by atoms with van der Waals surface area (Å²) >= 11 is 0. The highest BCUT2D eigenvalue weighted by Gasteiger charge is 2.20. The molecule has 2 aromatic rings. The fourth-order valence-electron chi connectivity index (χ4n) is 2.55. The fourth-order valence-corrected chi connectivity index (χ4v) is 3.83. The Balaban J connectivity index is 2.20. The van der Waals surface area contributed by atoms with E-state index in [0.29, 0.717) is 5.56 Å². The Bertz CT molecular complexity index is 817. The van der Waals surface area contributed by atoms with E-state index in [1.165, 1.54) is 6.92 Å². The summed E-state index contributed by atoms with van der Waals surface area (Å²) in [5.74, 6) is -0.213. The summed E-state index contributed by atoms with van der Waals surface area (Å²) in [5, 5.41) is 2.78. The molecule has 1 atom stereocenters. The van der Waals surface area contributed by atoms with Crippen LogP contribution >= 0.6 is 0 Å². The van der Waals surface area contributed by atoms with Crippen LogP contribution in [0.3, 0.4) is 0 Å². The molecular weight excluding hydrogens is 324 g/mol. The predicted molar refractivity (Wildman–Crippen MR) is 94.1 cm³/mol. The zero-order valence-electron chi connectivity index (χ0n) is 14.0. The molecule has 0 aliphatic rings. The Kier molecular flexibility index (Phi) is 5.75. The molecule has 128 valence electrons. The summed E-state index contributed by atoms with van der Waals surface area (Å²) in [5.41, 5.74) is 2.54. The molecule has 0 aliphatic heterocycles. The van der Waals surface area contributed by atoms with Crippen molar-refractivity contribution >= 4 is 15.9 Å². The van der Waals surface area contributed by atoms with Gasteiger partial charge in [0.2, 0.25) is 15.9 Å². The molecule has 0 unspecified atom stereocenters. The molecular formula is C18H22N2O3S. The zero-order chi connectivity index (χ0) is 17.7. The summed E-state index contributed by atoms with van der Waals surface area (Å²) in [6.07, 6.45) is 0. The number of amides is 1. The van der Waals surface area contributed by atoms with E-state index in [1.54, 1.807) is 19.1 Å². The van der Waals surface area contributed by atoms with Crippen LogP contribution in [0.25, 0.3) is 0 Å². The van der Waals surface area contributed by atoms with Gasteiger partial charge in [0.25, 0.3) is 0 Å². The number of benzene rings is 2. The van der Waals surface area contributed by atoms with Crippen molar-refractivity contribution < 1.29 is 13.2 Å². The smallest absolute Gasteiger partial charge is 0.240 e. The minimum atomic E-state index is -3.65. The van der Waals surface area contributed by atoms with Crippen LogP contribution in [0.1, 0.15) is 29.7 Å². The third-order valence-corrected chi connectivity index (χ3v) is 5.26. The molecule has 0 saturated heterocycles. The van der Waals surface area contributed by atoms with Crippen molar-refractivity contribution in [1.82, 2.24) is 10.0 Å². The maximum Gasteiger partial charge on any atom is 0.240 e. The van der Waals surface area contributed by atoms with Crippen molar-refractivity contribution in [2.45, 2.75) is 31.7 Å². The standard InChI is InChI=1S/C18H22N2O3S/c1-13-9-10-18(14(2)11-13)24(22,23)19-12-17(20-15(3)21)16-7-5-4-6-8-16/h4-11,17,19H,12H2,1-3H3,(H,20,21)/t17-/m1/s1. The first kappa shape index (κ1) is 18.2. The molecule has 0 heterocycles. The largest absolute Gasteiger partial charge is 0.348 e. The molecule has 0 aromatic heterocycles. The molecule has 2 aromatic carbocycles. The third-order valence-electron chi connectivity index (χ3n) is 3.68. The number of hydrogen-bond acceptors (Lipinski definition) is 3. The Morgan fingerprint density at radius 2 is 1.75 bits per heavy atom. The van der Waals surface area contributed by atoms with Crippen LogP contribution in [0.15, 0.2) is 53.4 Å². The summed E-state index contributed by atoms with van der Waals surface area (Å²) in [7, 11) is -3.65. The Labute approximate surface area is 143 Å². The van der Waals surface area contributed by atoms with Crippen LogP contribution in [0.4, 0.5) is 0 Å². The SMILES string of the molecule is CC(=O)N[C@H](CNS(=O)(=O)c1ccc(C)cc1C)c1ccccc1. The topological polar surface area (TPSA) is 75.3 Å². The monoisotopic (exact) mass is 346 g/mol. The molecule has 2 rings (SSSR count). The minimum absolute atomic E-state index is 0.0826. The van der Waals surface area contributed by atoms with Crippen molar-refractivity contribution in [3.05, 3.63) is 65.2 Å². The van der Waals surface area contributed by atoms with E-state index in [4.69, 9.17) is 0 Å². The van der Waals surface area contributed by atoms with Crippen LogP contribution in [-0.4, -0.2) is 20.9 Å². The highest BCUT2D eigenvalue weighted by Crippen LogP contribution is 2.18. The quantitative estimate of drug-likeness (QED) is 0.844. The second kappa shape index (κ2) is 7.59. The van der Waals surface area contributed by atoms with Crippen LogP contribution < -0.4 is 10.0 Å². The van der Waals surface area contributed by atoms with Crippen molar-refractivity contribution in [2.24, 2.45) is 0 Å². The van der Waals surface area contributed by atoms with Gasteiger partial charge in [0.15, 0.2) is 0 Å². The highest BCUT2D eigenvalue weighted by molar-refractivity contribution is 7.89. The van der Waals surface area contributed by atoms with Crippen LogP contribution in [-0.2, 0) is 14.8 Å². The molecule has 24 heavy (non-hydrogen) atoms. The molecule has 0 saturated carbocycles. The number of hydrogen-bond donors (Lipinski definition) is 2. The van der Waals surface area contributed by atoms with E-state index in [-0.39, 0.29) is 17.3 Å². The van der Waals surface area contributed by atoms with Gasteiger partial charge in [-0.3, -0.25) is 4.79 Å². The van der Waals surface area contributed by atoms with Gasteiger partial charge in [-0.1, -0.05) is 48.0 Å². The average molecular weight is 346 g/mol. The molecule has 0 bridgehead atoms. The summed E-state index contributed by atoms with van der Waals surface area (Å²) in [6, 6.07) is 14.0. The normalized spacial score (nSPS) is 12.6. The summed E-state index contributed by atoms with van der Waals surface area (Å²) < 4.78 is 27.7. The van der Waals surface area contributed by atoms with Gasteiger partial charge in [0, 0.05) is 13.5 Å². The average Bonchev–Trinajstić information content (AvgIpc) is 2.51. The number of carbonyl (C=O) groups excluding carboxylic acids is 1. The van der Waals surface area contributed by atoms with Crippen LogP contribution in [0.2, 0.25) is 0 Å². The van der Waals surface area contributed by atoms with Gasteiger partial charge < -0.3 is 5.32 Å². The Morgan fingerprint density at radius 1 is 1.08 bits per heavy atom. The van der Waals surface area contributed by atoms with Crippen LogP contribution in [0, 0.1) is 13.8 Å². The fraction of sp³-hybridized carbons (Fsp3) is 0.278. The maximum atomic E-state index is 12.6. The van der Waals surface area contributed by atoms with Gasteiger partial charge in [-0.15, -0.1) is 0 Å². The maximum absolute atomic E-state index is 12.6. The number of carbonyl (C=O) groups is 1. The summed E-state index contributed by atoms with van der Waals surface area (Å²) in [4.78, 5) is 11.7. The lowest BCUT2D eigenvalue weighted by atomic mass is 10.1. The number of rotatable bonds is 6. The van der Waals surface area contributed by atoms with Crippen molar-refractivity contribution in [1.29, 1.82) is 0 Å². The van der Waals surface area contributed by atoms with Gasteiger partial charge in [0.1, 0.15) is 0 Å². The van der Waals surface area contributed by atoms with Gasteiger partial charge in [-0.05, 0) is 31.0 Å². The van der Waals surface area contributed by atoms with Crippen LogP contribution in [0.5, 0.6) is 0 Å². The van der Waals surface area contributed by atoms with E-state index in [1.807, 2.05) is 43.3 Å². The first-order valence-corrected chi connectivity index (χ1v) is 9.17. The highest BCUT2D eigenvalue weighted by atomic mass is 32.2. The predicted octanol–water partition coefficient (Wildman–Crippen LogP) is 2.46. The third kappa shape index (κ3) is 4.66. The van der Waals surface area contributed by atoms with E-state index in [0.717, 1.165) is 11.1 Å². The van der Waals surface area contributed by atoms with Crippen molar-refractivity contribution in [3.8, 4) is 0 Å². The Morgan fingerprint density at radius 3 is 2.33 bits per heavy atom. The molecule has 0 fully saturated rings. The molecule has 0 aliphatic carbocycles. The molecule has 5 nitrogen and oxygen atoms in total. The molecule has 6 heteroatoms. The van der Waals surface area contributed by atoms with Gasteiger partial charge in [0.05, 0.1) is 10.9 Å². The summed E-state index contributed by atoms with van der Waals surface area (Å²) in [6.45, 7) is 5.18. The second-order valence-corrected chi connectivity index (χ2v) is 7.52. The zero-order valence-corrected chi connectivity index (χ0v) is 14.9. The molecule has 0 spiro atoms. The van der Waals surface area contributed by atoms with E-state index >= 15 is 0 Å². The first-order chi connectivity index (χ1) is 11.3. The molecule has 2 N–H and O–H groups in total. The van der Waals surface area contributed by atoms with Gasteiger partial charge in [-0.25, -0.2) is 13.1 Å². The van der Waals surface area contributed by atoms with E-state index < -0.39 is 16.1 Å². The first-order valence-electron chi connectivity index (χ1n) is 7.68. The van der Waals surface area contributed by atoms with E-state index in [9.17, 15) is 13.2 Å². The lowest BCUT2D eigenvalue weighted by Gasteiger charge is -2.19. The lowest BCUT2D eigenvalue weighted by Crippen LogP contribution is -2.37. The van der Waals surface area contributed by atoms with Crippen molar-refractivity contribution in [2.75, 3.05) is 6.54 Å². The molecule has 0 radical (unpaired) electrons. The number of nitrogens with one attached hydrogen (secondary N) is 2. The minimum Gasteiger partial charge on any atom is -0.348 e. The van der Waals surface area contributed by atoms with Gasteiger partial charge >= 0.3 is 0 Å². The van der Waals surface area contributed by atoms with E-state index in [2.05, 4.69) is 10.0 Å². The van der Waals surface area contributed by atoms with Gasteiger partial charge in [-0.2, -0.15) is 0 Å². The second-order valence-electron chi connectivity index (χ2n) is 5.78. The molecule has 1 amide bonds. The van der Waals surface area contributed by atoms with Crippen molar-refractivity contribution in [3.63, 3.8) is 0 Å². The number of sulfonamides is 1.